The van der Waals surface area contributed by atoms with Crippen LogP contribution in [0.15, 0.2) is 55.4 Å². The second kappa shape index (κ2) is 5.49. The summed E-state index contributed by atoms with van der Waals surface area (Å²) in [6.45, 7) is 0. The number of halogens is 1. The first-order valence-electron chi connectivity index (χ1n) is 6.10. The van der Waals surface area contributed by atoms with Crippen molar-refractivity contribution in [3.63, 3.8) is 0 Å². The van der Waals surface area contributed by atoms with Crippen LogP contribution in [0.1, 0.15) is 10.5 Å². The van der Waals surface area contributed by atoms with Gasteiger partial charge < -0.3 is 5.32 Å². The van der Waals surface area contributed by atoms with Crippen molar-refractivity contribution in [2.45, 2.75) is 0 Å². The van der Waals surface area contributed by atoms with E-state index in [4.69, 9.17) is 0 Å². The molecule has 7 heteroatoms. The molecule has 0 saturated heterocycles. The number of aromatic nitrogens is 4. The van der Waals surface area contributed by atoms with Crippen LogP contribution in [0.25, 0.3) is 5.82 Å². The van der Waals surface area contributed by atoms with Gasteiger partial charge in [0, 0.05) is 18.6 Å². The zero-order chi connectivity index (χ0) is 14.7. The zero-order valence-corrected chi connectivity index (χ0v) is 10.8. The highest BCUT2D eigenvalue weighted by atomic mass is 19.1. The third kappa shape index (κ3) is 2.76. The molecule has 0 aliphatic rings. The van der Waals surface area contributed by atoms with Gasteiger partial charge in [0.25, 0.3) is 5.91 Å². The van der Waals surface area contributed by atoms with Crippen molar-refractivity contribution in [3.05, 3.63) is 66.9 Å². The molecule has 0 fully saturated rings. The Morgan fingerprint density at radius 2 is 2.10 bits per heavy atom. The van der Waals surface area contributed by atoms with Crippen LogP contribution in [-0.2, 0) is 0 Å². The average Bonchev–Trinajstić information content (AvgIpc) is 3.03. The van der Waals surface area contributed by atoms with Crippen molar-refractivity contribution in [1.29, 1.82) is 0 Å². The third-order valence-electron chi connectivity index (χ3n) is 2.73. The Morgan fingerprint density at radius 3 is 2.81 bits per heavy atom. The van der Waals surface area contributed by atoms with E-state index in [9.17, 15) is 9.18 Å². The molecule has 21 heavy (non-hydrogen) atoms. The van der Waals surface area contributed by atoms with Gasteiger partial charge >= 0.3 is 0 Å². The van der Waals surface area contributed by atoms with Gasteiger partial charge in [-0.25, -0.2) is 14.4 Å². The van der Waals surface area contributed by atoms with Crippen LogP contribution < -0.4 is 5.32 Å². The first kappa shape index (κ1) is 12.9. The lowest BCUT2D eigenvalue weighted by molar-refractivity contribution is 0.102. The summed E-state index contributed by atoms with van der Waals surface area (Å²) in [5.74, 6) is -0.957. The van der Waals surface area contributed by atoms with Gasteiger partial charge in [-0.15, -0.1) is 0 Å². The van der Waals surface area contributed by atoms with E-state index in [0.29, 0.717) is 5.69 Å². The molecule has 3 rings (SSSR count). The minimum Gasteiger partial charge on any atom is -0.319 e. The lowest BCUT2D eigenvalue weighted by Gasteiger charge is -2.07. The van der Waals surface area contributed by atoms with Gasteiger partial charge in [0.05, 0.1) is 11.9 Å². The maximum absolute atomic E-state index is 13.8. The summed E-state index contributed by atoms with van der Waals surface area (Å²) >= 11 is 0. The van der Waals surface area contributed by atoms with E-state index in [0.717, 1.165) is 0 Å². The number of rotatable bonds is 3. The Labute approximate surface area is 119 Å². The lowest BCUT2D eigenvalue weighted by Crippen LogP contribution is -2.15. The van der Waals surface area contributed by atoms with Gasteiger partial charge in [0.1, 0.15) is 12.0 Å². The number of amides is 1. The second-order valence-corrected chi connectivity index (χ2v) is 4.17. The molecule has 6 nitrogen and oxygen atoms in total. The minimum atomic E-state index is -0.536. The van der Waals surface area contributed by atoms with Crippen molar-refractivity contribution in [2.75, 3.05) is 5.32 Å². The van der Waals surface area contributed by atoms with E-state index in [1.165, 1.54) is 35.4 Å². The molecule has 0 unspecified atom stereocenters. The lowest BCUT2D eigenvalue weighted by atomic mass is 10.3. The van der Waals surface area contributed by atoms with Gasteiger partial charge in [-0.2, -0.15) is 0 Å². The fraction of sp³-hybridized carbons (Fsp3) is 0. The van der Waals surface area contributed by atoms with Gasteiger partial charge in [0.15, 0.2) is 11.6 Å². The van der Waals surface area contributed by atoms with Crippen LogP contribution in [0.4, 0.5) is 10.1 Å². The Balaban J connectivity index is 1.89. The van der Waals surface area contributed by atoms with E-state index in [2.05, 4.69) is 20.3 Å². The van der Waals surface area contributed by atoms with E-state index in [1.807, 2.05) is 0 Å². The van der Waals surface area contributed by atoms with Gasteiger partial charge in [-0.3, -0.25) is 14.3 Å². The molecule has 0 bridgehead atoms. The molecule has 104 valence electrons. The minimum absolute atomic E-state index is 0.0198. The molecule has 1 amide bonds. The predicted molar refractivity (Wildman–Crippen MR) is 73.5 cm³/mol. The van der Waals surface area contributed by atoms with Crippen LogP contribution >= 0.6 is 0 Å². The molecular weight excluding hydrogens is 273 g/mol. The Kier molecular flexibility index (Phi) is 3.38. The summed E-state index contributed by atoms with van der Waals surface area (Å²) in [7, 11) is 0. The van der Waals surface area contributed by atoms with Crippen LogP contribution in [0.5, 0.6) is 0 Å². The smallest absolute Gasteiger partial charge is 0.274 e. The summed E-state index contributed by atoms with van der Waals surface area (Å²) in [5.41, 5.74) is 0.641. The first-order chi connectivity index (χ1) is 10.2. The number of nitrogens with zero attached hydrogens (tertiary/aromatic N) is 4. The number of pyridine rings is 2. The quantitative estimate of drug-likeness (QED) is 0.798. The van der Waals surface area contributed by atoms with Crippen LogP contribution in [0, 0.1) is 5.82 Å². The summed E-state index contributed by atoms with van der Waals surface area (Å²) in [4.78, 5) is 23.9. The van der Waals surface area contributed by atoms with Crippen molar-refractivity contribution < 1.29 is 9.18 Å². The van der Waals surface area contributed by atoms with Crippen molar-refractivity contribution in [1.82, 2.24) is 19.5 Å². The Bertz CT molecular complexity index is 758. The van der Waals surface area contributed by atoms with E-state index >= 15 is 0 Å². The largest absolute Gasteiger partial charge is 0.319 e. The summed E-state index contributed by atoms with van der Waals surface area (Å²) in [5, 5.41) is 2.64. The van der Waals surface area contributed by atoms with Crippen molar-refractivity contribution >= 4 is 11.6 Å². The van der Waals surface area contributed by atoms with E-state index < -0.39 is 11.7 Å². The van der Waals surface area contributed by atoms with E-state index in [-0.39, 0.29) is 11.5 Å². The van der Waals surface area contributed by atoms with Crippen LogP contribution in [0.2, 0.25) is 0 Å². The van der Waals surface area contributed by atoms with Gasteiger partial charge in [-0.05, 0) is 24.3 Å². The number of nitrogens with one attached hydrogen (secondary N) is 1. The molecule has 0 aliphatic carbocycles. The Morgan fingerprint density at radius 1 is 1.19 bits per heavy atom. The number of anilines is 1. The number of hydrogen-bond acceptors (Lipinski definition) is 4. The van der Waals surface area contributed by atoms with Gasteiger partial charge in [-0.1, -0.05) is 0 Å². The van der Waals surface area contributed by atoms with Crippen LogP contribution in [0.3, 0.4) is 0 Å². The zero-order valence-electron chi connectivity index (χ0n) is 10.8. The van der Waals surface area contributed by atoms with Crippen molar-refractivity contribution in [3.8, 4) is 5.82 Å². The monoisotopic (exact) mass is 283 g/mol. The normalized spacial score (nSPS) is 10.3. The third-order valence-corrected chi connectivity index (χ3v) is 2.73. The number of hydrogen-bond donors (Lipinski definition) is 1. The topological polar surface area (TPSA) is 72.7 Å². The van der Waals surface area contributed by atoms with Crippen LogP contribution in [-0.4, -0.2) is 25.4 Å². The molecule has 0 aliphatic heterocycles. The molecule has 0 radical (unpaired) electrons. The maximum atomic E-state index is 13.8. The standard InChI is InChI=1S/C14H10FN5O/c15-11-3-4-12(19-13(11)20-7-6-17-9-20)14(21)18-10-2-1-5-16-8-10/h1-9H,(H,18,21). The molecule has 0 atom stereocenters. The van der Waals surface area contributed by atoms with E-state index in [1.54, 1.807) is 24.5 Å². The Hall–Kier alpha value is -3.09. The van der Waals surface area contributed by atoms with Gasteiger partial charge in [0.2, 0.25) is 0 Å². The highest BCUT2D eigenvalue weighted by molar-refractivity contribution is 6.02. The average molecular weight is 283 g/mol. The van der Waals surface area contributed by atoms with Crippen molar-refractivity contribution in [2.24, 2.45) is 0 Å². The molecule has 3 heterocycles. The molecule has 1 N–H and O–H groups in total. The summed E-state index contributed by atoms with van der Waals surface area (Å²) in [6, 6.07) is 5.91. The molecule has 0 spiro atoms. The molecular formula is C14H10FN5O. The fourth-order valence-electron chi connectivity index (χ4n) is 1.76. The highest BCUT2D eigenvalue weighted by Crippen LogP contribution is 2.12. The summed E-state index contributed by atoms with van der Waals surface area (Å²) < 4.78 is 15.2. The molecule has 0 saturated carbocycles. The summed E-state index contributed by atoms with van der Waals surface area (Å²) in [6.07, 6.45) is 7.58. The first-order valence-corrected chi connectivity index (χ1v) is 6.10. The number of carbonyl (C=O) groups excluding carboxylic acids is 1. The fourth-order valence-corrected chi connectivity index (χ4v) is 1.76. The predicted octanol–water partition coefficient (Wildman–Crippen LogP) is 2.05. The maximum Gasteiger partial charge on any atom is 0.274 e. The molecule has 3 aromatic heterocycles. The number of imidazole rings is 1. The number of carbonyl (C=O) groups is 1. The molecule has 3 aromatic rings. The molecule has 0 aromatic carbocycles. The highest BCUT2D eigenvalue weighted by Gasteiger charge is 2.13. The SMILES string of the molecule is O=C(Nc1cccnc1)c1ccc(F)c(-n2ccnc2)n1. The second-order valence-electron chi connectivity index (χ2n) is 4.17.